The van der Waals surface area contributed by atoms with Crippen molar-refractivity contribution in [3.63, 3.8) is 0 Å². The van der Waals surface area contributed by atoms with Gasteiger partial charge in [-0.15, -0.1) is 0 Å². The standard InChI is InChI=1S/C17H17BrN2O2/c1-12-6-7-16(8-13(12)2)22-11-17(21)20-19-10-14-4-3-5-15(18)9-14/h3-10H,11H2,1-2H3,(H,20,21)/b19-10-. The van der Waals surface area contributed by atoms with Crippen molar-refractivity contribution in [3.05, 3.63) is 63.6 Å². The van der Waals surface area contributed by atoms with Crippen molar-refractivity contribution in [1.29, 1.82) is 0 Å². The maximum absolute atomic E-state index is 11.7. The number of benzene rings is 2. The molecule has 0 fully saturated rings. The largest absolute Gasteiger partial charge is 0.484 e. The van der Waals surface area contributed by atoms with Gasteiger partial charge in [0, 0.05) is 4.47 Å². The molecule has 4 nitrogen and oxygen atoms in total. The number of hydrogen-bond donors (Lipinski definition) is 1. The minimum Gasteiger partial charge on any atom is -0.484 e. The van der Waals surface area contributed by atoms with Gasteiger partial charge in [0.25, 0.3) is 5.91 Å². The Morgan fingerprint density at radius 2 is 2.05 bits per heavy atom. The Labute approximate surface area is 138 Å². The smallest absolute Gasteiger partial charge is 0.277 e. The number of hydrogen-bond acceptors (Lipinski definition) is 3. The molecule has 0 unspecified atom stereocenters. The van der Waals surface area contributed by atoms with E-state index in [-0.39, 0.29) is 12.5 Å². The van der Waals surface area contributed by atoms with E-state index < -0.39 is 0 Å². The minimum atomic E-state index is -0.301. The van der Waals surface area contributed by atoms with E-state index >= 15 is 0 Å². The molecule has 5 heteroatoms. The third-order valence-corrected chi connectivity index (χ3v) is 3.59. The summed E-state index contributed by atoms with van der Waals surface area (Å²) in [5.74, 6) is 0.374. The van der Waals surface area contributed by atoms with E-state index in [0.717, 1.165) is 15.6 Å². The Balaban J connectivity index is 1.81. The lowest BCUT2D eigenvalue weighted by Gasteiger charge is -2.07. The summed E-state index contributed by atoms with van der Waals surface area (Å²) < 4.78 is 6.39. The maximum atomic E-state index is 11.7. The average Bonchev–Trinajstić information content (AvgIpc) is 2.48. The summed E-state index contributed by atoms with van der Waals surface area (Å²) in [7, 11) is 0. The molecule has 0 aliphatic rings. The normalized spacial score (nSPS) is 10.7. The molecular formula is C17H17BrN2O2. The van der Waals surface area contributed by atoms with Gasteiger partial charge in [0.1, 0.15) is 5.75 Å². The third-order valence-electron chi connectivity index (χ3n) is 3.10. The average molecular weight is 361 g/mol. The topological polar surface area (TPSA) is 50.7 Å². The SMILES string of the molecule is Cc1ccc(OCC(=O)N/N=C\c2cccc(Br)c2)cc1C. The van der Waals surface area contributed by atoms with Crippen LogP contribution in [0, 0.1) is 13.8 Å². The number of nitrogens with one attached hydrogen (secondary N) is 1. The van der Waals surface area contributed by atoms with Gasteiger partial charge in [-0.25, -0.2) is 5.43 Å². The molecule has 0 aromatic heterocycles. The molecular weight excluding hydrogens is 344 g/mol. The van der Waals surface area contributed by atoms with Gasteiger partial charge in [0.15, 0.2) is 6.61 Å². The highest BCUT2D eigenvalue weighted by atomic mass is 79.9. The number of hydrazone groups is 1. The first kappa shape index (κ1) is 16.2. The van der Waals surface area contributed by atoms with E-state index in [2.05, 4.69) is 26.5 Å². The first-order valence-electron chi connectivity index (χ1n) is 6.82. The van der Waals surface area contributed by atoms with Gasteiger partial charge in [0.2, 0.25) is 0 Å². The van der Waals surface area contributed by atoms with Gasteiger partial charge in [-0.05, 0) is 54.8 Å². The molecule has 0 spiro atoms. The van der Waals surface area contributed by atoms with Crippen LogP contribution in [0.1, 0.15) is 16.7 Å². The van der Waals surface area contributed by atoms with E-state index in [0.29, 0.717) is 5.75 Å². The summed E-state index contributed by atoms with van der Waals surface area (Å²) in [6.07, 6.45) is 1.58. The molecule has 114 valence electrons. The summed E-state index contributed by atoms with van der Waals surface area (Å²) in [5, 5.41) is 3.90. The van der Waals surface area contributed by atoms with Gasteiger partial charge >= 0.3 is 0 Å². The molecule has 1 N–H and O–H groups in total. The van der Waals surface area contributed by atoms with Crippen LogP contribution in [-0.4, -0.2) is 18.7 Å². The summed E-state index contributed by atoms with van der Waals surface area (Å²) in [6, 6.07) is 13.3. The van der Waals surface area contributed by atoms with Crippen LogP contribution < -0.4 is 10.2 Å². The highest BCUT2D eigenvalue weighted by molar-refractivity contribution is 9.10. The van der Waals surface area contributed by atoms with Crippen molar-refractivity contribution in [3.8, 4) is 5.75 Å². The Morgan fingerprint density at radius 1 is 1.23 bits per heavy atom. The van der Waals surface area contributed by atoms with E-state index in [1.165, 1.54) is 5.56 Å². The van der Waals surface area contributed by atoms with Crippen LogP contribution in [0.3, 0.4) is 0 Å². The molecule has 1 amide bonds. The van der Waals surface area contributed by atoms with E-state index in [1.54, 1.807) is 6.21 Å². The molecule has 2 aromatic carbocycles. The second-order valence-electron chi connectivity index (χ2n) is 4.88. The van der Waals surface area contributed by atoms with Gasteiger partial charge in [0.05, 0.1) is 6.21 Å². The monoisotopic (exact) mass is 360 g/mol. The molecule has 0 saturated heterocycles. The first-order chi connectivity index (χ1) is 10.5. The minimum absolute atomic E-state index is 0.0711. The highest BCUT2D eigenvalue weighted by Crippen LogP contribution is 2.16. The highest BCUT2D eigenvalue weighted by Gasteiger charge is 2.02. The molecule has 0 bridgehead atoms. The van der Waals surface area contributed by atoms with Crippen LogP contribution >= 0.6 is 15.9 Å². The Bertz CT molecular complexity index is 699. The number of halogens is 1. The molecule has 0 atom stereocenters. The quantitative estimate of drug-likeness (QED) is 0.654. The molecule has 22 heavy (non-hydrogen) atoms. The Hall–Kier alpha value is -2.14. The third kappa shape index (κ3) is 5.00. The van der Waals surface area contributed by atoms with Crippen LogP contribution in [0.25, 0.3) is 0 Å². The number of carbonyl (C=O) groups excluding carboxylic acids is 1. The second kappa shape index (κ2) is 7.75. The number of ether oxygens (including phenoxy) is 1. The van der Waals surface area contributed by atoms with Gasteiger partial charge in [-0.1, -0.05) is 34.1 Å². The molecule has 0 aliphatic carbocycles. The zero-order valence-electron chi connectivity index (χ0n) is 12.5. The lowest BCUT2D eigenvalue weighted by molar-refractivity contribution is -0.123. The molecule has 0 aliphatic heterocycles. The number of aryl methyl sites for hydroxylation is 2. The fourth-order valence-corrected chi connectivity index (χ4v) is 2.17. The predicted molar refractivity (Wildman–Crippen MR) is 91.3 cm³/mol. The molecule has 0 heterocycles. The van der Waals surface area contributed by atoms with E-state index in [1.807, 2.05) is 56.3 Å². The first-order valence-corrected chi connectivity index (χ1v) is 7.61. The number of rotatable bonds is 5. The fourth-order valence-electron chi connectivity index (χ4n) is 1.75. The maximum Gasteiger partial charge on any atom is 0.277 e. The van der Waals surface area contributed by atoms with Gasteiger partial charge < -0.3 is 4.74 Å². The lowest BCUT2D eigenvalue weighted by atomic mass is 10.1. The zero-order valence-corrected chi connectivity index (χ0v) is 14.1. The fraction of sp³-hybridized carbons (Fsp3) is 0.176. The van der Waals surface area contributed by atoms with Crippen LogP contribution in [-0.2, 0) is 4.79 Å². The Morgan fingerprint density at radius 3 is 2.77 bits per heavy atom. The van der Waals surface area contributed by atoms with Crippen LogP contribution in [0.4, 0.5) is 0 Å². The number of carbonyl (C=O) groups is 1. The number of nitrogens with zero attached hydrogens (tertiary/aromatic N) is 1. The van der Waals surface area contributed by atoms with Crippen molar-refractivity contribution < 1.29 is 9.53 Å². The molecule has 2 rings (SSSR count). The van der Waals surface area contributed by atoms with Gasteiger partial charge in [-0.3, -0.25) is 4.79 Å². The van der Waals surface area contributed by atoms with Crippen molar-refractivity contribution in [2.24, 2.45) is 5.10 Å². The number of amides is 1. The summed E-state index contributed by atoms with van der Waals surface area (Å²) in [4.78, 5) is 11.7. The van der Waals surface area contributed by atoms with Crippen molar-refractivity contribution in [2.75, 3.05) is 6.61 Å². The van der Waals surface area contributed by atoms with Crippen LogP contribution in [0.5, 0.6) is 5.75 Å². The lowest BCUT2D eigenvalue weighted by Crippen LogP contribution is -2.24. The molecule has 0 saturated carbocycles. The van der Waals surface area contributed by atoms with E-state index in [4.69, 9.17) is 4.74 Å². The Kier molecular flexibility index (Phi) is 5.72. The van der Waals surface area contributed by atoms with E-state index in [9.17, 15) is 4.79 Å². The summed E-state index contributed by atoms with van der Waals surface area (Å²) >= 11 is 3.38. The van der Waals surface area contributed by atoms with Crippen molar-refractivity contribution in [1.82, 2.24) is 5.43 Å². The van der Waals surface area contributed by atoms with Crippen molar-refractivity contribution in [2.45, 2.75) is 13.8 Å². The van der Waals surface area contributed by atoms with Crippen LogP contribution in [0.2, 0.25) is 0 Å². The summed E-state index contributed by atoms with van der Waals surface area (Å²) in [5.41, 5.74) is 5.65. The summed E-state index contributed by atoms with van der Waals surface area (Å²) in [6.45, 7) is 3.96. The van der Waals surface area contributed by atoms with Crippen molar-refractivity contribution >= 4 is 28.1 Å². The molecule has 0 radical (unpaired) electrons. The second-order valence-corrected chi connectivity index (χ2v) is 5.80. The molecule has 2 aromatic rings. The zero-order chi connectivity index (χ0) is 15.9. The predicted octanol–water partition coefficient (Wildman–Crippen LogP) is 3.60. The van der Waals surface area contributed by atoms with Crippen LogP contribution in [0.15, 0.2) is 52.0 Å². The van der Waals surface area contributed by atoms with Gasteiger partial charge in [-0.2, -0.15) is 5.10 Å².